The molecule has 0 unspecified atom stereocenters. The van der Waals surface area contributed by atoms with Crippen molar-refractivity contribution >= 4 is 17.7 Å². The average Bonchev–Trinajstić information content (AvgIpc) is 2.20. The number of benzene rings is 1. The van der Waals surface area contributed by atoms with Crippen LogP contribution in [0.1, 0.15) is 0 Å². The second-order valence-electron chi connectivity index (χ2n) is 2.25. The van der Waals surface area contributed by atoms with E-state index in [0.717, 1.165) is 11.8 Å². The lowest BCUT2D eigenvalue weighted by Gasteiger charge is -1.98. The normalized spacial score (nSPS) is 9.64. The molecule has 0 aliphatic rings. The molecule has 0 saturated carbocycles. The Labute approximate surface area is 86.0 Å². The summed E-state index contributed by atoms with van der Waals surface area (Å²) in [6.45, 7) is 0. The molecule has 0 N–H and O–H groups in total. The van der Waals surface area contributed by atoms with Crippen molar-refractivity contribution in [2.45, 2.75) is 0 Å². The van der Waals surface area contributed by atoms with Crippen molar-refractivity contribution in [1.29, 1.82) is 5.26 Å². The molecule has 0 fully saturated rings. The maximum atomic E-state index is 11.1. The number of nitriles is 1. The summed E-state index contributed by atoms with van der Waals surface area (Å²) >= 11 is 0.871. The largest absolute Gasteiger partial charge is 0.423 e. The lowest BCUT2D eigenvalue weighted by Crippen LogP contribution is -2.02. The van der Waals surface area contributed by atoms with Gasteiger partial charge in [0, 0.05) is 6.08 Å². The summed E-state index contributed by atoms with van der Waals surface area (Å²) in [6, 6.07) is 8.75. The summed E-state index contributed by atoms with van der Waals surface area (Å²) in [5, 5.41) is 11.4. The molecule has 0 saturated heterocycles. The summed E-state index contributed by atoms with van der Waals surface area (Å²) in [4.78, 5) is 11.1. The molecule has 0 spiro atoms. The van der Waals surface area contributed by atoms with E-state index in [1.165, 1.54) is 11.5 Å². The standard InChI is InChI=1S/C10H7NO2S/c11-8-14-7-6-10(12)13-9-4-2-1-3-5-9/h1-7H/b7-6-. The van der Waals surface area contributed by atoms with Crippen LogP contribution in [-0.2, 0) is 4.79 Å². The number of esters is 1. The molecule has 1 aromatic carbocycles. The van der Waals surface area contributed by atoms with Crippen LogP contribution in [-0.4, -0.2) is 5.97 Å². The van der Waals surface area contributed by atoms with E-state index in [1.54, 1.807) is 24.3 Å². The van der Waals surface area contributed by atoms with E-state index in [4.69, 9.17) is 10.00 Å². The summed E-state index contributed by atoms with van der Waals surface area (Å²) in [7, 11) is 0. The van der Waals surface area contributed by atoms with Crippen molar-refractivity contribution in [3.8, 4) is 11.2 Å². The van der Waals surface area contributed by atoms with Gasteiger partial charge in [0.2, 0.25) is 0 Å². The van der Waals surface area contributed by atoms with Crippen LogP contribution in [0.3, 0.4) is 0 Å². The highest BCUT2D eigenvalue weighted by atomic mass is 32.2. The van der Waals surface area contributed by atoms with Gasteiger partial charge in [-0.3, -0.25) is 0 Å². The van der Waals surface area contributed by atoms with E-state index in [1.807, 2.05) is 11.5 Å². The van der Waals surface area contributed by atoms with Crippen molar-refractivity contribution in [2.75, 3.05) is 0 Å². The number of carbonyl (C=O) groups is 1. The van der Waals surface area contributed by atoms with E-state index in [2.05, 4.69) is 0 Å². The van der Waals surface area contributed by atoms with Crippen molar-refractivity contribution in [2.24, 2.45) is 0 Å². The Hall–Kier alpha value is -1.73. The van der Waals surface area contributed by atoms with Gasteiger partial charge in [-0.15, -0.1) is 0 Å². The molecule has 70 valence electrons. The number of carbonyl (C=O) groups excluding carboxylic acids is 1. The first-order valence-electron chi connectivity index (χ1n) is 3.81. The summed E-state index contributed by atoms with van der Waals surface area (Å²) in [5.74, 6) is 0.00283. The van der Waals surface area contributed by atoms with Gasteiger partial charge in [-0.2, -0.15) is 5.26 Å². The molecule has 1 rings (SSSR count). The molecular weight excluding hydrogens is 198 g/mol. The number of ether oxygens (including phenoxy) is 1. The average molecular weight is 205 g/mol. The summed E-state index contributed by atoms with van der Waals surface area (Å²) < 4.78 is 4.91. The monoisotopic (exact) mass is 205 g/mol. The van der Waals surface area contributed by atoms with Gasteiger partial charge in [-0.05, 0) is 29.3 Å². The number of thioether (sulfide) groups is 1. The third-order valence-corrected chi connectivity index (χ3v) is 1.66. The van der Waals surface area contributed by atoms with Gasteiger partial charge in [0.15, 0.2) is 0 Å². The Morgan fingerprint density at radius 1 is 1.43 bits per heavy atom. The molecule has 14 heavy (non-hydrogen) atoms. The maximum Gasteiger partial charge on any atom is 0.336 e. The zero-order valence-electron chi connectivity index (χ0n) is 7.21. The van der Waals surface area contributed by atoms with Gasteiger partial charge < -0.3 is 4.74 Å². The fourth-order valence-electron chi connectivity index (χ4n) is 0.759. The van der Waals surface area contributed by atoms with Crippen molar-refractivity contribution in [1.82, 2.24) is 0 Å². The smallest absolute Gasteiger partial charge is 0.336 e. The van der Waals surface area contributed by atoms with E-state index in [0.29, 0.717) is 5.75 Å². The highest BCUT2D eigenvalue weighted by Gasteiger charge is 1.97. The zero-order valence-corrected chi connectivity index (χ0v) is 8.03. The third-order valence-electron chi connectivity index (χ3n) is 1.29. The van der Waals surface area contributed by atoms with Crippen molar-refractivity contribution < 1.29 is 9.53 Å². The summed E-state index contributed by atoms with van der Waals surface area (Å²) in [5.41, 5.74) is 0. The molecule has 0 aliphatic heterocycles. The van der Waals surface area contributed by atoms with E-state index in [9.17, 15) is 4.79 Å². The third kappa shape index (κ3) is 3.78. The van der Waals surface area contributed by atoms with Gasteiger partial charge in [0.25, 0.3) is 0 Å². The fraction of sp³-hybridized carbons (Fsp3) is 0. The number of para-hydroxylation sites is 1. The second kappa shape index (κ2) is 5.84. The van der Waals surface area contributed by atoms with Crippen LogP contribution in [0.4, 0.5) is 0 Å². The first-order valence-corrected chi connectivity index (χ1v) is 4.69. The Balaban J connectivity index is 2.47. The molecule has 0 bridgehead atoms. The number of hydrogen-bond acceptors (Lipinski definition) is 4. The molecule has 4 heteroatoms. The number of nitrogens with zero attached hydrogens (tertiary/aromatic N) is 1. The summed E-state index contributed by atoms with van der Waals surface area (Å²) in [6.07, 6.45) is 1.21. The first kappa shape index (κ1) is 10.4. The highest BCUT2D eigenvalue weighted by Crippen LogP contribution is 2.09. The SMILES string of the molecule is N#CS/C=C\C(=O)Oc1ccccc1. The molecular formula is C10H7NO2S. The molecule has 0 radical (unpaired) electrons. The number of hydrogen-bond donors (Lipinski definition) is 0. The molecule has 0 heterocycles. The van der Waals surface area contributed by atoms with Gasteiger partial charge in [0.1, 0.15) is 11.2 Å². The van der Waals surface area contributed by atoms with Gasteiger partial charge in [-0.25, -0.2) is 4.79 Å². The molecule has 1 aromatic rings. The Kier molecular flexibility index (Phi) is 4.32. The van der Waals surface area contributed by atoms with Crippen molar-refractivity contribution in [3.05, 3.63) is 41.8 Å². The van der Waals surface area contributed by atoms with Gasteiger partial charge in [0.05, 0.1) is 0 Å². The molecule has 0 aromatic heterocycles. The molecule has 0 aliphatic carbocycles. The van der Waals surface area contributed by atoms with Crippen LogP contribution >= 0.6 is 11.8 Å². The number of rotatable bonds is 3. The minimum absolute atomic E-state index is 0.487. The van der Waals surface area contributed by atoms with Crippen LogP contribution in [0.15, 0.2) is 41.8 Å². The van der Waals surface area contributed by atoms with Crippen molar-refractivity contribution in [3.63, 3.8) is 0 Å². The van der Waals surface area contributed by atoms with Crippen LogP contribution in [0.2, 0.25) is 0 Å². The second-order valence-corrected chi connectivity index (χ2v) is 2.94. The predicted octanol–water partition coefficient (Wildman–Crippen LogP) is 2.32. The van der Waals surface area contributed by atoms with Crippen LogP contribution in [0.5, 0.6) is 5.75 Å². The highest BCUT2D eigenvalue weighted by molar-refractivity contribution is 8.06. The van der Waals surface area contributed by atoms with Crippen LogP contribution in [0.25, 0.3) is 0 Å². The van der Waals surface area contributed by atoms with Crippen LogP contribution in [0, 0.1) is 10.7 Å². The predicted molar refractivity (Wildman–Crippen MR) is 54.4 cm³/mol. The first-order chi connectivity index (χ1) is 6.83. The zero-order chi connectivity index (χ0) is 10.2. The topological polar surface area (TPSA) is 50.1 Å². The van der Waals surface area contributed by atoms with Crippen LogP contribution < -0.4 is 4.74 Å². The Morgan fingerprint density at radius 3 is 2.79 bits per heavy atom. The lowest BCUT2D eigenvalue weighted by atomic mass is 10.3. The van der Waals surface area contributed by atoms with E-state index >= 15 is 0 Å². The number of thiocyanates is 1. The quantitative estimate of drug-likeness (QED) is 0.329. The lowest BCUT2D eigenvalue weighted by molar-refractivity contribution is -0.128. The van der Waals surface area contributed by atoms with E-state index < -0.39 is 5.97 Å². The van der Waals surface area contributed by atoms with Gasteiger partial charge >= 0.3 is 5.97 Å². The molecule has 0 atom stereocenters. The molecule has 0 amide bonds. The fourth-order valence-corrected chi connectivity index (χ4v) is 0.999. The Bertz CT molecular complexity index is 367. The van der Waals surface area contributed by atoms with Gasteiger partial charge in [-0.1, -0.05) is 18.2 Å². The Morgan fingerprint density at radius 2 is 2.14 bits per heavy atom. The molecule has 3 nitrogen and oxygen atoms in total. The minimum atomic E-state index is -0.487. The maximum absolute atomic E-state index is 11.1. The minimum Gasteiger partial charge on any atom is -0.423 e. The van der Waals surface area contributed by atoms with E-state index in [-0.39, 0.29) is 0 Å².